The van der Waals surface area contributed by atoms with Gasteiger partial charge in [-0.2, -0.15) is 5.26 Å². The largest absolute Gasteiger partial charge is 0.452 e. The molecular formula is C14H15N3O5. The van der Waals surface area contributed by atoms with Crippen LogP contribution in [0.1, 0.15) is 22.3 Å². The van der Waals surface area contributed by atoms with E-state index >= 15 is 0 Å². The van der Waals surface area contributed by atoms with Gasteiger partial charge >= 0.3 is 5.97 Å². The summed E-state index contributed by atoms with van der Waals surface area (Å²) in [6, 6.07) is 6.18. The van der Waals surface area contributed by atoms with Crippen molar-refractivity contribution in [2.75, 3.05) is 20.2 Å². The Morgan fingerprint density at radius 1 is 1.45 bits per heavy atom. The Morgan fingerprint density at radius 3 is 2.73 bits per heavy atom. The zero-order chi connectivity index (χ0) is 16.7. The molecule has 8 heteroatoms. The molecule has 0 radical (unpaired) electrons. The van der Waals surface area contributed by atoms with Gasteiger partial charge < -0.3 is 9.64 Å². The molecule has 0 fully saturated rings. The van der Waals surface area contributed by atoms with Gasteiger partial charge in [0.25, 0.3) is 11.6 Å². The van der Waals surface area contributed by atoms with Crippen LogP contribution in [0.15, 0.2) is 18.2 Å². The minimum absolute atomic E-state index is 0.166. The Hall–Kier alpha value is -2.95. The van der Waals surface area contributed by atoms with Crippen molar-refractivity contribution in [3.05, 3.63) is 39.4 Å². The van der Waals surface area contributed by atoms with E-state index in [0.29, 0.717) is 5.56 Å². The van der Waals surface area contributed by atoms with Gasteiger partial charge in [0.2, 0.25) is 0 Å². The highest BCUT2D eigenvalue weighted by Gasteiger charge is 2.24. The molecule has 0 saturated carbocycles. The third-order valence-corrected chi connectivity index (χ3v) is 2.95. The van der Waals surface area contributed by atoms with Crippen LogP contribution < -0.4 is 0 Å². The number of ether oxygens (including phenoxy) is 1. The normalized spacial score (nSPS) is 9.68. The van der Waals surface area contributed by atoms with Crippen molar-refractivity contribution in [3.8, 4) is 6.07 Å². The molecule has 0 heterocycles. The maximum Gasteiger partial charge on any atom is 0.345 e. The average molecular weight is 305 g/mol. The van der Waals surface area contributed by atoms with Crippen molar-refractivity contribution in [2.45, 2.75) is 13.3 Å². The number of nitro benzene ring substituents is 1. The summed E-state index contributed by atoms with van der Waals surface area (Å²) in [7, 11) is 1.47. The van der Waals surface area contributed by atoms with Gasteiger partial charge in [0, 0.05) is 19.2 Å². The molecular weight excluding hydrogens is 290 g/mol. The summed E-state index contributed by atoms with van der Waals surface area (Å²) in [5.41, 5.74) is -0.202. The van der Waals surface area contributed by atoms with Gasteiger partial charge in [-0.15, -0.1) is 0 Å². The van der Waals surface area contributed by atoms with Crippen LogP contribution in [-0.4, -0.2) is 41.9 Å². The molecule has 0 aliphatic heterocycles. The van der Waals surface area contributed by atoms with Crippen LogP contribution in [0.4, 0.5) is 5.69 Å². The Labute approximate surface area is 127 Å². The third kappa shape index (κ3) is 4.28. The highest BCUT2D eigenvalue weighted by molar-refractivity contribution is 5.95. The lowest BCUT2D eigenvalue weighted by Gasteiger charge is -2.15. The Kier molecular flexibility index (Phi) is 6.01. The van der Waals surface area contributed by atoms with Gasteiger partial charge in [0.15, 0.2) is 6.61 Å². The highest BCUT2D eigenvalue weighted by Crippen LogP contribution is 2.23. The van der Waals surface area contributed by atoms with E-state index in [1.807, 2.05) is 6.07 Å². The van der Waals surface area contributed by atoms with Crippen molar-refractivity contribution < 1.29 is 19.2 Å². The van der Waals surface area contributed by atoms with E-state index in [4.69, 9.17) is 10.00 Å². The van der Waals surface area contributed by atoms with Gasteiger partial charge in [-0.1, -0.05) is 12.1 Å². The van der Waals surface area contributed by atoms with E-state index < -0.39 is 23.4 Å². The summed E-state index contributed by atoms with van der Waals surface area (Å²) in [6.07, 6.45) is 0.166. The van der Waals surface area contributed by atoms with Crippen LogP contribution in [0.25, 0.3) is 0 Å². The van der Waals surface area contributed by atoms with Crippen molar-refractivity contribution in [2.24, 2.45) is 0 Å². The van der Waals surface area contributed by atoms with Crippen LogP contribution in [0.5, 0.6) is 0 Å². The number of rotatable bonds is 6. The van der Waals surface area contributed by atoms with Crippen molar-refractivity contribution in [1.82, 2.24) is 4.90 Å². The molecule has 8 nitrogen and oxygen atoms in total. The second-order valence-corrected chi connectivity index (χ2v) is 4.53. The molecule has 0 unspecified atom stereocenters. The first kappa shape index (κ1) is 17.1. The lowest BCUT2D eigenvalue weighted by atomic mass is 10.1. The van der Waals surface area contributed by atoms with Gasteiger partial charge in [0.05, 0.1) is 17.4 Å². The number of carbonyl (C=O) groups excluding carboxylic acids is 2. The van der Waals surface area contributed by atoms with Crippen molar-refractivity contribution in [3.63, 3.8) is 0 Å². The number of aryl methyl sites for hydroxylation is 1. The van der Waals surface area contributed by atoms with Gasteiger partial charge in [0.1, 0.15) is 5.56 Å². The predicted octanol–water partition coefficient (Wildman–Crippen LogP) is 1.43. The molecule has 0 N–H and O–H groups in total. The van der Waals surface area contributed by atoms with E-state index in [2.05, 4.69) is 0 Å². The van der Waals surface area contributed by atoms with E-state index in [9.17, 15) is 19.7 Å². The first-order valence-electron chi connectivity index (χ1n) is 6.40. The van der Waals surface area contributed by atoms with Crippen molar-refractivity contribution in [1.29, 1.82) is 5.26 Å². The van der Waals surface area contributed by atoms with E-state index in [1.54, 1.807) is 0 Å². The molecule has 0 saturated heterocycles. The summed E-state index contributed by atoms with van der Waals surface area (Å²) in [6.45, 7) is 1.19. The van der Waals surface area contributed by atoms with Crippen molar-refractivity contribution >= 4 is 17.6 Å². The number of para-hydroxylation sites is 1. The molecule has 116 valence electrons. The minimum Gasteiger partial charge on any atom is -0.452 e. The smallest absolute Gasteiger partial charge is 0.345 e. The fourth-order valence-corrected chi connectivity index (χ4v) is 1.72. The summed E-state index contributed by atoms with van der Waals surface area (Å²) in [5.74, 6) is -1.42. The molecule has 0 atom stereocenters. The molecule has 0 bridgehead atoms. The lowest BCUT2D eigenvalue weighted by Crippen LogP contribution is -2.32. The predicted molar refractivity (Wildman–Crippen MR) is 76.0 cm³/mol. The van der Waals surface area contributed by atoms with Gasteiger partial charge in [-0.05, 0) is 13.0 Å². The average Bonchev–Trinajstić information content (AvgIpc) is 2.49. The number of nitro groups is 1. The van der Waals surface area contributed by atoms with Crippen LogP contribution in [0, 0.1) is 28.4 Å². The van der Waals surface area contributed by atoms with Crippen LogP contribution in [0.3, 0.4) is 0 Å². The quantitative estimate of drug-likeness (QED) is 0.446. The summed E-state index contributed by atoms with van der Waals surface area (Å²) in [4.78, 5) is 35.2. The molecule has 0 aromatic heterocycles. The Morgan fingerprint density at radius 2 is 2.14 bits per heavy atom. The fraction of sp³-hybridized carbons (Fsp3) is 0.357. The molecule has 1 aromatic rings. The number of esters is 1. The number of benzene rings is 1. The number of amides is 1. The summed E-state index contributed by atoms with van der Waals surface area (Å²) in [5, 5.41) is 19.4. The first-order valence-corrected chi connectivity index (χ1v) is 6.40. The number of hydrogen-bond acceptors (Lipinski definition) is 6. The number of likely N-dealkylation sites (N-methyl/N-ethyl adjacent to an activating group) is 1. The number of carbonyl (C=O) groups is 2. The standard InChI is InChI=1S/C14H15N3O5/c1-10-5-3-6-11(13(10)17(20)21)14(19)22-9-12(18)16(2)8-4-7-15/h3,5-6H,4,8-9H2,1-2H3. The maximum absolute atomic E-state index is 11.9. The molecule has 22 heavy (non-hydrogen) atoms. The zero-order valence-corrected chi connectivity index (χ0v) is 12.2. The van der Waals surface area contributed by atoms with Gasteiger partial charge in [-0.25, -0.2) is 4.79 Å². The van der Waals surface area contributed by atoms with E-state index in [1.165, 1.54) is 37.1 Å². The second-order valence-electron chi connectivity index (χ2n) is 4.53. The zero-order valence-electron chi connectivity index (χ0n) is 12.2. The number of nitriles is 1. The molecule has 1 amide bonds. The third-order valence-electron chi connectivity index (χ3n) is 2.95. The van der Waals surface area contributed by atoms with E-state index in [-0.39, 0.29) is 24.2 Å². The first-order chi connectivity index (χ1) is 10.4. The number of nitrogens with zero attached hydrogens (tertiary/aromatic N) is 3. The van der Waals surface area contributed by atoms with E-state index in [0.717, 1.165) is 0 Å². The molecule has 1 rings (SSSR count). The van der Waals surface area contributed by atoms with Crippen LogP contribution >= 0.6 is 0 Å². The molecule has 0 spiro atoms. The van der Waals surface area contributed by atoms with Crippen LogP contribution in [0.2, 0.25) is 0 Å². The summed E-state index contributed by atoms with van der Waals surface area (Å²) < 4.78 is 4.82. The highest BCUT2D eigenvalue weighted by atomic mass is 16.6. The van der Waals surface area contributed by atoms with Gasteiger partial charge in [-0.3, -0.25) is 14.9 Å². The molecule has 0 aliphatic carbocycles. The second kappa shape index (κ2) is 7.73. The Balaban J connectivity index is 2.75. The SMILES string of the molecule is Cc1cccc(C(=O)OCC(=O)N(C)CCC#N)c1[N+](=O)[O-]. The molecule has 1 aromatic carbocycles. The summed E-state index contributed by atoms with van der Waals surface area (Å²) >= 11 is 0. The van der Waals surface area contributed by atoms with Crippen LogP contribution in [-0.2, 0) is 9.53 Å². The molecule has 0 aliphatic rings. The number of hydrogen-bond donors (Lipinski definition) is 0. The minimum atomic E-state index is -0.933. The fourth-order valence-electron chi connectivity index (χ4n) is 1.72. The topological polar surface area (TPSA) is 114 Å². The monoisotopic (exact) mass is 305 g/mol. The lowest BCUT2D eigenvalue weighted by molar-refractivity contribution is -0.385. The maximum atomic E-state index is 11.9. The Bertz CT molecular complexity index is 636.